The molecule has 16 heavy (non-hydrogen) atoms. The summed E-state index contributed by atoms with van der Waals surface area (Å²) in [5, 5.41) is 5.75. The summed E-state index contributed by atoms with van der Waals surface area (Å²) in [5.74, 6) is -0.0617. The Hall–Kier alpha value is -1.62. The smallest absolute Gasteiger partial charge is 0.247 e. The second kappa shape index (κ2) is 6.07. The van der Waals surface area contributed by atoms with Crippen molar-refractivity contribution in [3.05, 3.63) is 34.2 Å². The molecular formula is C11H17N3O2. The molecule has 1 atom stereocenters. The minimum atomic E-state index is -0.140. The van der Waals surface area contributed by atoms with Crippen LogP contribution in [-0.4, -0.2) is 24.5 Å². The lowest BCUT2D eigenvalue weighted by Gasteiger charge is -2.11. The molecule has 0 radical (unpaired) electrons. The molecule has 0 saturated heterocycles. The lowest BCUT2D eigenvalue weighted by atomic mass is 10.1. The van der Waals surface area contributed by atoms with Crippen molar-refractivity contribution in [3.63, 3.8) is 0 Å². The van der Waals surface area contributed by atoms with Crippen LogP contribution >= 0.6 is 0 Å². The minimum Gasteiger partial charge on any atom is -0.352 e. The average molecular weight is 223 g/mol. The van der Waals surface area contributed by atoms with E-state index in [4.69, 9.17) is 0 Å². The third-order valence-corrected chi connectivity index (χ3v) is 2.27. The average Bonchev–Trinajstić information content (AvgIpc) is 2.28. The number of H-pyrrole nitrogens is 1. The van der Waals surface area contributed by atoms with E-state index in [9.17, 15) is 9.59 Å². The Morgan fingerprint density at radius 3 is 2.81 bits per heavy atom. The number of hydrogen-bond acceptors (Lipinski definition) is 3. The number of carbonyl (C=O) groups is 1. The molecule has 0 fully saturated rings. The van der Waals surface area contributed by atoms with Gasteiger partial charge in [-0.25, -0.2) is 0 Å². The first kappa shape index (κ1) is 12.4. The summed E-state index contributed by atoms with van der Waals surface area (Å²) in [6.07, 6.45) is 1.60. The summed E-state index contributed by atoms with van der Waals surface area (Å²) >= 11 is 0. The molecule has 1 unspecified atom stereocenters. The molecule has 0 aromatic carbocycles. The van der Waals surface area contributed by atoms with Crippen LogP contribution in [0.25, 0.3) is 0 Å². The molecule has 3 N–H and O–H groups in total. The lowest BCUT2D eigenvalue weighted by molar-refractivity contribution is -0.124. The molecule has 1 aromatic rings. The summed E-state index contributed by atoms with van der Waals surface area (Å²) in [5.41, 5.74) is 0.739. The Morgan fingerprint density at radius 1 is 1.50 bits per heavy atom. The van der Waals surface area contributed by atoms with Gasteiger partial charge in [0.1, 0.15) is 0 Å². The Labute approximate surface area is 94.3 Å². The van der Waals surface area contributed by atoms with Crippen LogP contribution in [0.15, 0.2) is 23.1 Å². The number of hydrogen-bond donors (Lipinski definition) is 3. The molecule has 0 spiro atoms. The fraction of sp³-hybridized carbons (Fsp3) is 0.455. The van der Waals surface area contributed by atoms with Gasteiger partial charge in [-0.1, -0.05) is 13.0 Å². The second-order valence-corrected chi connectivity index (χ2v) is 3.74. The van der Waals surface area contributed by atoms with Gasteiger partial charge in [-0.05, 0) is 12.6 Å². The monoisotopic (exact) mass is 223 g/mol. The zero-order chi connectivity index (χ0) is 12.0. The fourth-order valence-electron chi connectivity index (χ4n) is 1.32. The van der Waals surface area contributed by atoms with Gasteiger partial charge in [0.05, 0.1) is 0 Å². The Bertz CT molecular complexity index is 380. The Balaban J connectivity index is 2.42. The van der Waals surface area contributed by atoms with Crippen LogP contribution in [0.4, 0.5) is 0 Å². The zero-order valence-electron chi connectivity index (χ0n) is 9.54. The van der Waals surface area contributed by atoms with Crippen molar-refractivity contribution < 1.29 is 4.79 Å². The molecular weight excluding hydrogens is 206 g/mol. The van der Waals surface area contributed by atoms with Crippen molar-refractivity contribution in [2.24, 2.45) is 5.92 Å². The van der Waals surface area contributed by atoms with Gasteiger partial charge in [0.2, 0.25) is 11.5 Å². The first-order chi connectivity index (χ1) is 7.63. The van der Waals surface area contributed by atoms with E-state index in [1.807, 2.05) is 14.0 Å². The van der Waals surface area contributed by atoms with Gasteiger partial charge in [0.25, 0.3) is 0 Å². The number of aromatic amines is 1. The first-order valence-electron chi connectivity index (χ1n) is 5.23. The van der Waals surface area contributed by atoms with Gasteiger partial charge in [-0.2, -0.15) is 0 Å². The van der Waals surface area contributed by atoms with E-state index in [2.05, 4.69) is 15.6 Å². The molecule has 0 bridgehead atoms. The van der Waals surface area contributed by atoms with E-state index in [0.29, 0.717) is 13.1 Å². The van der Waals surface area contributed by atoms with Crippen molar-refractivity contribution in [1.29, 1.82) is 0 Å². The highest BCUT2D eigenvalue weighted by Crippen LogP contribution is 1.96. The largest absolute Gasteiger partial charge is 0.352 e. The Kier molecular flexibility index (Phi) is 4.72. The highest BCUT2D eigenvalue weighted by atomic mass is 16.1. The van der Waals surface area contributed by atoms with Crippen molar-refractivity contribution in [2.75, 3.05) is 13.6 Å². The minimum absolute atomic E-state index is 0.000509. The fourth-order valence-corrected chi connectivity index (χ4v) is 1.32. The van der Waals surface area contributed by atoms with Crippen LogP contribution in [0, 0.1) is 5.92 Å². The molecule has 0 saturated carbocycles. The molecule has 5 nitrogen and oxygen atoms in total. The quantitative estimate of drug-likeness (QED) is 0.649. The van der Waals surface area contributed by atoms with Crippen LogP contribution < -0.4 is 16.2 Å². The molecule has 5 heteroatoms. The molecule has 0 aliphatic carbocycles. The maximum absolute atomic E-state index is 11.6. The second-order valence-electron chi connectivity index (χ2n) is 3.74. The molecule has 0 aliphatic rings. The van der Waals surface area contributed by atoms with Crippen molar-refractivity contribution in [1.82, 2.24) is 15.6 Å². The number of rotatable bonds is 5. The summed E-state index contributed by atoms with van der Waals surface area (Å²) < 4.78 is 0. The summed E-state index contributed by atoms with van der Waals surface area (Å²) in [7, 11) is 1.81. The van der Waals surface area contributed by atoms with E-state index in [1.54, 1.807) is 12.3 Å². The summed E-state index contributed by atoms with van der Waals surface area (Å²) in [4.78, 5) is 24.9. The molecule has 0 aliphatic heterocycles. The third kappa shape index (κ3) is 3.86. The topological polar surface area (TPSA) is 74.0 Å². The van der Waals surface area contributed by atoms with Crippen molar-refractivity contribution in [2.45, 2.75) is 13.5 Å². The zero-order valence-corrected chi connectivity index (χ0v) is 9.54. The van der Waals surface area contributed by atoms with Gasteiger partial charge in [-0.15, -0.1) is 0 Å². The predicted molar refractivity (Wildman–Crippen MR) is 62.0 cm³/mol. The molecule has 1 amide bonds. The highest BCUT2D eigenvalue weighted by molar-refractivity contribution is 5.78. The van der Waals surface area contributed by atoms with Crippen LogP contribution in [-0.2, 0) is 11.3 Å². The number of carbonyl (C=O) groups excluding carboxylic acids is 1. The Morgan fingerprint density at radius 2 is 2.25 bits per heavy atom. The predicted octanol–water partition coefficient (Wildman–Crippen LogP) is -0.153. The van der Waals surface area contributed by atoms with E-state index >= 15 is 0 Å². The van der Waals surface area contributed by atoms with Crippen LogP contribution in [0.2, 0.25) is 0 Å². The lowest BCUT2D eigenvalue weighted by Crippen LogP contribution is -2.34. The number of aromatic nitrogens is 1. The van der Waals surface area contributed by atoms with Gasteiger partial charge >= 0.3 is 0 Å². The van der Waals surface area contributed by atoms with E-state index in [1.165, 1.54) is 6.07 Å². The van der Waals surface area contributed by atoms with Gasteiger partial charge in [-0.3, -0.25) is 9.59 Å². The normalized spacial score (nSPS) is 12.1. The van der Waals surface area contributed by atoms with Gasteiger partial charge in [0.15, 0.2) is 0 Å². The first-order valence-corrected chi connectivity index (χ1v) is 5.23. The highest BCUT2D eigenvalue weighted by Gasteiger charge is 2.10. The van der Waals surface area contributed by atoms with Crippen LogP contribution in [0.1, 0.15) is 12.5 Å². The number of nitrogens with one attached hydrogen (secondary N) is 3. The number of pyridine rings is 1. The SMILES string of the molecule is CNCC(C)C(=O)NCc1ccc(=O)[nH]c1. The van der Waals surface area contributed by atoms with Crippen molar-refractivity contribution in [3.8, 4) is 0 Å². The summed E-state index contributed by atoms with van der Waals surface area (Å²) in [6.45, 7) is 2.94. The molecule has 1 heterocycles. The summed E-state index contributed by atoms with van der Waals surface area (Å²) in [6, 6.07) is 3.14. The van der Waals surface area contributed by atoms with Gasteiger partial charge in [0, 0.05) is 31.3 Å². The van der Waals surface area contributed by atoms with E-state index in [-0.39, 0.29) is 17.4 Å². The standard InChI is InChI=1S/C11H17N3O2/c1-8(5-12-2)11(16)14-7-9-3-4-10(15)13-6-9/h3-4,6,8,12H,5,7H2,1-2H3,(H,13,15)(H,14,16). The number of amides is 1. The third-order valence-electron chi connectivity index (χ3n) is 2.27. The molecule has 88 valence electrons. The van der Waals surface area contributed by atoms with E-state index < -0.39 is 0 Å². The van der Waals surface area contributed by atoms with Crippen LogP contribution in [0.5, 0.6) is 0 Å². The van der Waals surface area contributed by atoms with Gasteiger partial charge < -0.3 is 15.6 Å². The van der Waals surface area contributed by atoms with Crippen LogP contribution in [0.3, 0.4) is 0 Å². The van der Waals surface area contributed by atoms with Crippen molar-refractivity contribution >= 4 is 5.91 Å². The molecule has 1 aromatic heterocycles. The maximum Gasteiger partial charge on any atom is 0.247 e. The van der Waals surface area contributed by atoms with E-state index in [0.717, 1.165) is 5.56 Å². The maximum atomic E-state index is 11.6. The molecule has 1 rings (SSSR count).